The van der Waals surface area contributed by atoms with Crippen molar-refractivity contribution in [2.75, 3.05) is 0 Å². The molecule has 0 fully saturated rings. The molecule has 0 atom stereocenters. The first-order chi connectivity index (χ1) is 11.8. The van der Waals surface area contributed by atoms with Crippen LogP contribution in [-0.2, 0) is 11.3 Å². The van der Waals surface area contributed by atoms with Gasteiger partial charge in [-0.05, 0) is 30.3 Å². The van der Waals surface area contributed by atoms with E-state index in [1.165, 1.54) is 18.3 Å². The smallest absolute Gasteiger partial charge is 0.300 e. The number of amidine groups is 1. The molecule has 0 aliphatic rings. The van der Waals surface area contributed by atoms with Gasteiger partial charge >= 0.3 is 0 Å². The van der Waals surface area contributed by atoms with Crippen molar-refractivity contribution in [3.05, 3.63) is 58.8 Å². The minimum Gasteiger partial charge on any atom is -0.481 e. The van der Waals surface area contributed by atoms with Gasteiger partial charge in [-0.2, -0.15) is 5.10 Å². The number of rotatable bonds is 3. The van der Waals surface area contributed by atoms with E-state index >= 15 is 0 Å². The maximum absolute atomic E-state index is 13.7. The molecule has 4 N–H and O–H groups in total. The Morgan fingerprint density at radius 3 is 2.72 bits per heavy atom. The van der Waals surface area contributed by atoms with Crippen LogP contribution in [0.3, 0.4) is 0 Å². The van der Waals surface area contributed by atoms with Gasteiger partial charge in [-0.3, -0.25) is 19.9 Å². The first kappa shape index (κ1) is 18.3. The zero-order valence-corrected chi connectivity index (χ0v) is 14.0. The SMILES string of the molecule is CC(=O)O.N=C(N)c1nn(Cc2ncccc2F)c2cc(Cl)ccc12. The lowest BCUT2D eigenvalue weighted by atomic mass is 10.2. The number of aromatic nitrogens is 3. The van der Waals surface area contributed by atoms with E-state index in [9.17, 15) is 4.39 Å². The molecule has 0 bridgehead atoms. The number of nitrogens with two attached hydrogens (primary N) is 1. The second-order valence-corrected chi connectivity index (χ2v) is 5.47. The summed E-state index contributed by atoms with van der Waals surface area (Å²) in [5.41, 5.74) is 6.82. The summed E-state index contributed by atoms with van der Waals surface area (Å²) in [6.45, 7) is 1.22. The predicted molar refractivity (Wildman–Crippen MR) is 92.4 cm³/mol. The van der Waals surface area contributed by atoms with Gasteiger partial charge in [-0.15, -0.1) is 0 Å². The van der Waals surface area contributed by atoms with Crippen LogP contribution < -0.4 is 5.73 Å². The first-order valence-corrected chi connectivity index (χ1v) is 7.46. The van der Waals surface area contributed by atoms with Crippen LogP contribution in [0.15, 0.2) is 36.5 Å². The minimum absolute atomic E-state index is 0.136. The van der Waals surface area contributed by atoms with E-state index in [1.807, 2.05) is 0 Å². The van der Waals surface area contributed by atoms with Gasteiger partial charge in [0.15, 0.2) is 0 Å². The largest absolute Gasteiger partial charge is 0.481 e. The molecule has 0 saturated carbocycles. The summed E-state index contributed by atoms with van der Waals surface area (Å²) < 4.78 is 15.3. The lowest BCUT2D eigenvalue weighted by molar-refractivity contribution is -0.134. The number of nitrogens with one attached hydrogen (secondary N) is 1. The number of fused-ring (bicyclic) bond motifs is 1. The number of nitrogen functional groups attached to an aromatic ring is 1. The molecule has 0 saturated heterocycles. The van der Waals surface area contributed by atoms with Crippen molar-refractivity contribution in [2.24, 2.45) is 5.73 Å². The van der Waals surface area contributed by atoms with Crippen molar-refractivity contribution < 1.29 is 14.3 Å². The normalized spacial score (nSPS) is 10.2. The van der Waals surface area contributed by atoms with Gasteiger partial charge in [0, 0.05) is 23.5 Å². The van der Waals surface area contributed by atoms with Crippen molar-refractivity contribution in [1.82, 2.24) is 14.8 Å². The number of carbonyl (C=O) groups is 1. The third-order valence-corrected chi connectivity index (χ3v) is 3.34. The molecule has 0 spiro atoms. The van der Waals surface area contributed by atoms with Crippen LogP contribution in [0.5, 0.6) is 0 Å². The lowest BCUT2D eigenvalue weighted by Crippen LogP contribution is -2.13. The highest BCUT2D eigenvalue weighted by Crippen LogP contribution is 2.23. The van der Waals surface area contributed by atoms with Crippen LogP contribution in [-0.4, -0.2) is 31.7 Å². The summed E-state index contributed by atoms with van der Waals surface area (Å²) in [5, 5.41) is 20.5. The van der Waals surface area contributed by atoms with Crippen LogP contribution in [0.2, 0.25) is 5.02 Å². The fourth-order valence-corrected chi connectivity index (χ4v) is 2.31. The third kappa shape index (κ3) is 4.51. The molecular formula is C16H15ClFN5O2. The molecule has 3 aromatic rings. The molecular weight excluding hydrogens is 349 g/mol. The van der Waals surface area contributed by atoms with Gasteiger partial charge in [0.2, 0.25) is 0 Å². The number of carboxylic acids is 1. The van der Waals surface area contributed by atoms with Gasteiger partial charge in [-0.25, -0.2) is 4.39 Å². The molecule has 0 amide bonds. The lowest BCUT2D eigenvalue weighted by Gasteiger charge is -2.04. The number of aliphatic carboxylic acids is 1. The fourth-order valence-electron chi connectivity index (χ4n) is 2.14. The van der Waals surface area contributed by atoms with E-state index in [-0.39, 0.29) is 18.1 Å². The highest BCUT2D eigenvalue weighted by Gasteiger charge is 2.14. The molecule has 2 heterocycles. The number of hydrogen-bond donors (Lipinski definition) is 3. The van der Waals surface area contributed by atoms with Crippen molar-refractivity contribution in [1.29, 1.82) is 5.41 Å². The van der Waals surface area contributed by atoms with Crippen molar-refractivity contribution in [3.63, 3.8) is 0 Å². The molecule has 1 aromatic carbocycles. The molecule has 2 aromatic heterocycles. The molecule has 9 heteroatoms. The molecule has 0 unspecified atom stereocenters. The van der Waals surface area contributed by atoms with Crippen LogP contribution in [0.4, 0.5) is 4.39 Å². The number of halogens is 2. The Morgan fingerprint density at radius 2 is 2.12 bits per heavy atom. The number of hydrogen-bond acceptors (Lipinski definition) is 4. The zero-order valence-electron chi connectivity index (χ0n) is 13.2. The Hall–Kier alpha value is -3.00. The molecule has 25 heavy (non-hydrogen) atoms. The molecule has 130 valence electrons. The molecule has 0 aliphatic carbocycles. The van der Waals surface area contributed by atoms with Crippen molar-refractivity contribution >= 4 is 34.3 Å². The van der Waals surface area contributed by atoms with Crippen LogP contribution >= 0.6 is 11.6 Å². The standard InChI is InChI=1S/C14H11ClFN5.C2H4O2/c15-8-3-4-9-12(6-8)21(20-13(9)14(17)18)7-11-10(16)2-1-5-19-11;1-2(3)4/h1-6H,7H2,(H3,17,18);1H3,(H,3,4). The number of pyridine rings is 1. The van der Waals surface area contributed by atoms with Gasteiger partial charge in [0.1, 0.15) is 17.3 Å². The zero-order chi connectivity index (χ0) is 18.6. The van der Waals surface area contributed by atoms with Crippen molar-refractivity contribution in [3.8, 4) is 0 Å². The maximum atomic E-state index is 13.7. The predicted octanol–water partition coefficient (Wildman–Crippen LogP) is 2.65. The summed E-state index contributed by atoms with van der Waals surface area (Å²) >= 11 is 6.00. The van der Waals surface area contributed by atoms with Gasteiger partial charge in [0.05, 0.1) is 17.8 Å². The van der Waals surface area contributed by atoms with E-state index in [4.69, 9.17) is 32.6 Å². The van der Waals surface area contributed by atoms with Crippen LogP contribution in [0.25, 0.3) is 10.9 Å². The Kier molecular flexibility index (Phi) is 5.66. The summed E-state index contributed by atoms with van der Waals surface area (Å²) in [5.74, 6) is -1.39. The fraction of sp³-hybridized carbons (Fsp3) is 0.125. The molecule has 0 radical (unpaired) electrons. The second-order valence-electron chi connectivity index (χ2n) is 5.03. The molecule has 7 nitrogen and oxygen atoms in total. The van der Waals surface area contributed by atoms with Crippen LogP contribution in [0, 0.1) is 11.2 Å². The van der Waals surface area contributed by atoms with E-state index in [0.29, 0.717) is 21.6 Å². The first-order valence-electron chi connectivity index (χ1n) is 7.09. The van der Waals surface area contributed by atoms with E-state index in [0.717, 1.165) is 6.92 Å². The Bertz CT molecular complexity index is 937. The number of carboxylic acid groups (broad SMARTS) is 1. The van der Waals surface area contributed by atoms with E-state index < -0.39 is 11.8 Å². The minimum atomic E-state index is -0.833. The topological polar surface area (TPSA) is 118 Å². The summed E-state index contributed by atoms with van der Waals surface area (Å²) in [4.78, 5) is 13.0. The number of benzene rings is 1. The van der Waals surface area contributed by atoms with Crippen LogP contribution in [0.1, 0.15) is 18.3 Å². The summed E-state index contributed by atoms with van der Waals surface area (Å²) in [6, 6.07) is 8.01. The Balaban J connectivity index is 0.000000511. The van der Waals surface area contributed by atoms with E-state index in [2.05, 4.69) is 10.1 Å². The van der Waals surface area contributed by atoms with Crippen molar-refractivity contribution in [2.45, 2.75) is 13.5 Å². The Morgan fingerprint density at radius 1 is 1.44 bits per heavy atom. The average molecular weight is 364 g/mol. The average Bonchev–Trinajstić information content (AvgIpc) is 2.87. The quantitative estimate of drug-likeness (QED) is 0.488. The second kappa shape index (κ2) is 7.71. The highest BCUT2D eigenvalue weighted by molar-refractivity contribution is 6.31. The molecule has 3 rings (SSSR count). The summed E-state index contributed by atoms with van der Waals surface area (Å²) in [6.07, 6.45) is 1.52. The maximum Gasteiger partial charge on any atom is 0.300 e. The van der Waals surface area contributed by atoms with Gasteiger partial charge in [-0.1, -0.05) is 11.6 Å². The Labute approximate surface area is 147 Å². The third-order valence-electron chi connectivity index (χ3n) is 3.10. The number of nitrogens with zero attached hydrogens (tertiary/aromatic N) is 3. The monoisotopic (exact) mass is 363 g/mol. The highest BCUT2D eigenvalue weighted by atomic mass is 35.5. The summed E-state index contributed by atoms with van der Waals surface area (Å²) in [7, 11) is 0. The van der Waals surface area contributed by atoms with Gasteiger partial charge < -0.3 is 10.8 Å². The van der Waals surface area contributed by atoms with E-state index in [1.54, 1.807) is 22.9 Å². The molecule has 0 aliphatic heterocycles. The van der Waals surface area contributed by atoms with Gasteiger partial charge in [0.25, 0.3) is 5.97 Å².